The first-order valence-electron chi connectivity index (χ1n) is 8.41. The molecule has 0 heterocycles. The molecule has 0 aliphatic carbocycles. The average molecular weight is 333 g/mol. The fourth-order valence-electron chi connectivity index (χ4n) is 2.22. The molecule has 0 unspecified atom stereocenters. The molecule has 134 valence electrons. The summed E-state index contributed by atoms with van der Waals surface area (Å²) in [5.74, 6) is 0.241. The van der Waals surface area contributed by atoms with Crippen molar-refractivity contribution in [2.45, 2.75) is 59.0 Å². The van der Waals surface area contributed by atoms with Gasteiger partial charge in [0.05, 0.1) is 12.6 Å². The van der Waals surface area contributed by atoms with Crippen molar-refractivity contribution in [3.63, 3.8) is 0 Å². The average Bonchev–Trinajstić information content (AvgIpc) is 2.44. The minimum absolute atomic E-state index is 0.0917. The molecule has 0 spiro atoms. The van der Waals surface area contributed by atoms with Crippen LogP contribution in [0.4, 0.5) is 5.69 Å². The lowest BCUT2D eigenvalue weighted by molar-refractivity contribution is -0.125. The lowest BCUT2D eigenvalue weighted by Crippen LogP contribution is -2.49. The lowest BCUT2D eigenvalue weighted by atomic mass is 10.0. The van der Waals surface area contributed by atoms with E-state index in [0.717, 1.165) is 5.69 Å². The van der Waals surface area contributed by atoms with Gasteiger partial charge in [0.2, 0.25) is 11.8 Å². The summed E-state index contributed by atoms with van der Waals surface area (Å²) in [7, 11) is 1.77. The number of likely N-dealkylation sites (N-methyl/N-ethyl adjacent to an activating group) is 1. The molecule has 0 fully saturated rings. The summed E-state index contributed by atoms with van der Waals surface area (Å²) in [6.45, 7) is 12.0. The highest BCUT2D eigenvalue weighted by atomic mass is 16.2. The van der Waals surface area contributed by atoms with E-state index in [0.29, 0.717) is 5.92 Å². The molecule has 2 N–H and O–H groups in total. The fraction of sp³-hybridized carbons (Fsp3) is 0.579. The summed E-state index contributed by atoms with van der Waals surface area (Å²) < 4.78 is 0. The summed E-state index contributed by atoms with van der Waals surface area (Å²) in [4.78, 5) is 26.1. The first kappa shape index (κ1) is 20.2. The number of benzene rings is 1. The van der Waals surface area contributed by atoms with Crippen molar-refractivity contribution in [2.24, 2.45) is 0 Å². The van der Waals surface area contributed by atoms with Gasteiger partial charge >= 0.3 is 0 Å². The van der Waals surface area contributed by atoms with E-state index in [2.05, 4.69) is 24.5 Å². The highest BCUT2D eigenvalue weighted by molar-refractivity contribution is 5.94. The van der Waals surface area contributed by atoms with Gasteiger partial charge in [0.25, 0.3) is 0 Å². The second-order valence-corrected chi connectivity index (χ2v) is 7.66. The van der Waals surface area contributed by atoms with E-state index in [1.165, 1.54) is 5.56 Å². The summed E-state index contributed by atoms with van der Waals surface area (Å²) >= 11 is 0. The Morgan fingerprint density at radius 2 is 1.62 bits per heavy atom. The van der Waals surface area contributed by atoms with Gasteiger partial charge in [-0.25, -0.2) is 0 Å². The molecular formula is C19H31N3O2. The minimum Gasteiger partial charge on any atom is -0.350 e. The Hall–Kier alpha value is -1.88. The molecule has 0 aliphatic heterocycles. The molecule has 5 heteroatoms. The Labute approximate surface area is 145 Å². The smallest absolute Gasteiger partial charge is 0.241 e. The molecular weight excluding hydrogens is 302 g/mol. The van der Waals surface area contributed by atoms with Gasteiger partial charge in [-0.1, -0.05) is 26.0 Å². The molecule has 0 saturated carbocycles. The summed E-state index contributed by atoms with van der Waals surface area (Å²) in [6, 6.07) is 7.45. The van der Waals surface area contributed by atoms with E-state index in [-0.39, 0.29) is 23.9 Å². The normalized spacial score (nSPS) is 13.0. The van der Waals surface area contributed by atoms with E-state index < -0.39 is 6.04 Å². The van der Waals surface area contributed by atoms with Crippen LogP contribution in [0.25, 0.3) is 0 Å². The molecule has 1 rings (SSSR count). The van der Waals surface area contributed by atoms with Crippen molar-refractivity contribution in [1.29, 1.82) is 0 Å². The molecule has 0 aliphatic rings. The largest absolute Gasteiger partial charge is 0.350 e. The Kier molecular flexibility index (Phi) is 6.96. The zero-order valence-electron chi connectivity index (χ0n) is 15.9. The third-order valence-electron chi connectivity index (χ3n) is 3.79. The van der Waals surface area contributed by atoms with Crippen molar-refractivity contribution in [1.82, 2.24) is 10.2 Å². The van der Waals surface area contributed by atoms with E-state index in [1.54, 1.807) is 18.9 Å². The number of hydrogen-bond donors (Lipinski definition) is 2. The van der Waals surface area contributed by atoms with Crippen LogP contribution in [-0.4, -0.2) is 41.9 Å². The van der Waals surface area contributed by atoms with Crippen molar-refractivity contribution < 1.29 is 9.59 Å². The monoisotopic (exact) mass is 333 g/mol. The van der Waals surface area contributed by atoms with Crippen LogP contribution >= 0.6 is 0 Å². The van der Waals surface area contributed by atoms with Crippen molar-refractivity contribution >= 4 is 17.5 Å². The first-order valence-corrected chi connectivity index (χ1v) is 8.41. The second-order valence-electron chi connectivity index (χ2n) is 7.66. The van der Waals surface area contributed by atoms with Crippen molar-refractivity contribution in [3.05, 3.63) is 29.8 Å². The van der Waals surface area contributed by atoms with Crippen molar-refractivity contribution in [2.75, 3.05) is 18.9 Å². The molecule has 0 bridgehead atoms. The van der Waals surface area contributed by atoms with E-state index >= 15 is 0 Å². The maximum absolute atomic E-state index is 12.4. The van der Waals surface area contributed by atoms with Crippen LogP contribution in [0.2, 0.25) is 0 Å². The highest BCUT2D eigenvalue weighted by Crippen LogP contribution is 2.17. The SMILES string of the molecule is CC(C)c1ccc(NC(=O)[C@H](C)N(C)CC(=O)NC(C)(C)C)cc1. The second kappa shape index (κ2) is 8.29. The van der Waals surface area contributed by atoms with Crippen LogP contribution in [0.3, 0.4) is 0 Å². The van der Waals surface area contributed by atoms with Gasteiger partial charge in [0.15, 0.2) is 0 Å². The van der Waals surface area contributed by atoms with Gasteiger partial charge in [0.1, 0.15) is 0 Å². The van der Waals surface area contributed by atoms with Crippen LogP contribution in [0.1, 0.15) is 53.0 Å². The van der Waals surface area contributed by atoms with Gasteiger partial charge in [-0.3, -0.25) is 14.5 Å². The fourth-order valence-corrected chi connectivity index (χ4v) is 2.22. The number of nitrogens with one attached hydrogen (secondary N) is 2. The zero-order valence-corrected chi connectivity index (χ0v) is 15.9. The van der Waals surface area contributed by atoms with Gasteiger partial charge in [-0.2, -0.15) is 0 Å². The first-order chi connectivity index (χ1) is 11.0. The molecule has 0 aromatic heterocycles. The number of carbonyl (C=O) groups is 2. The van der Waals surface area contributed by atoms with E-state index in [1.807, 2.05) is 45.0 Å². The van der Waals surface area contributed by atoms with Crippen LogP contribution in [0.5, 0.6) is 0 Å². The predicted octanol–water partition coefficient (Wildman–Crippen LogP) is 2.98. The van der Waals surface area contributed by atoms with E-state index in [4.69, 9.17) is 0 Å². The number of nitrogens with zero attached hydrogens (tertiary/aromatic N) is 1. The molecule has 24 heavy (non-hydrogen) atoms. The molecule has 0 radical (unpaired) electrons. The standard InChI is InChI=1S/C19H31N3O2/c1-13(2)15-8-10-16(11-9-15)20-18(24)14(3)22(7)12-17(23)21-19(4,5)6/h8-11,13-14H,12H2,1-7H3,(H,20,24)(H,21,23)/t14-/m0/s1. The topological polar surface area (TPSA) is 61.4 Å². The maximum Gasteiger partial charge on any atom is 0.241 e. The molecule has 1 aromatic carbocycles. The number of carbonyl (C=O) groups excluding carboxylic acids is 2. The van der Waals surface area contributed by atoms with Crippen LogP contribution in [0, 0.1) is 0 Å². The quantitative estimate of drug-likeness (QED) is 0.841. The highest BCUT2D eigenvalue weighted by Gasteiger charge is 2.22. The Bertz CT molecular complexity index is 559. The van der Waals surface area contributed by atoms with Gasteiger partial charge in [0, 0.05) is 11.2 Å². The molecule has 2 amide bonds. The Balaban J connectivity index is 2.58. The Morgan fingerprint density at radius 3 is 2.08 bits per heavy atom. The van der Waals surface area contributed by atoms with Crippen LogP contribution in [-0.2, 0) is 9.59 Å². The molecule has 5 nitrogen and oxygen atoms in total. The van der Waals surface area contributed by atoms with Gasteiger partial charge < -0.3 is 10.6 Å². The molecule has 1 aromatic rings. The Morgan fingerprint density at radius 1 is 1.08 bits per heavy atom. The minimum atomic E-state index is -0.402. The van der Waals surface area contributed by atoms with E-state index in [9.17, 15) is 9.59 Å². The van der Waals surface area contributed by atoms with Crippen LogP contribution in [0.15, 0.2) is 24.3 Å². The number of anilines is 1. The van der Waals surface area contributed by atoms with Gasteiger partial charge in [-0.15, -0.1) is 0 Å². The lowest BCUT2D eigenvalue weighted by Gasteiger charge is -2.26. The zero-order chi connectivity index (χ0) is 18.5. The number of rotatable bonds is 6. The molecule has 0 saturated heterocycles. The third kappa shape index (κ3) is 6.71. The summed E-state index contributed by atoms with van der Waals surface area (Å²) in [6.07, 6.45) is 0. The predicted molar refractivity (Wildman–Crippen MR) is 99.1 cm³/mol. The molecule has 1 atom stereocenters. The third-order valence-corrected chi connectivity index (χ3v) is 3.79. The summed E-state index contributed by atoms with van der Waals surface area (Å²) in [5.41, 5.74) is 1.72. The van der Waals surface area contributed by atoms with Gasteiger partial charge in [-0.05, 0) is 58.4 Å². The maximum atomic E-state index is 12.4. The van der Waals surface area contributed by atoms with Crippen LogP contribution < -0.4 is 10.6 Å². The number of hydrogen-bond acceptors (Lipinski definition) is 3. The van der Waals surface area contributed by atoms with Crippen molar-refractivity contribution in [3.8, 4) is 0 Å². The number of amides is 2. The summed E-state index contributed by atoms with van der Waals surface area (Å²) in [5, 5.41) is 5.80.